The molecule has 1 atom stereocenters. The van der Waals surface area contributed by atoms with E-state index in [4.69, 9.17) is 9.47 Å². The van der Waals surface area contributed by atoms with E-state index in [1.807, 2.05) is 16.8 Å². The summed E-state index contributed by atoms with van der Waals surface area (Å²) < 4.78 is 38.3. The first-order valence-electron chi connectivity index (χ1n) is 6.95. The number of methoxy groups -OCH3 is 2. The van der Waals surface area contributed by atoms with Crippen LogP contribution in [0.2, 0.25) is 0 Å². The predicted octanol–water partition coefficient (Wildman–Crippen LogP) is 3.20. The molecule has 1 aromatic carbocycles. The molecule has 124 valence electrons. The van der Waals surface area contributed by atoms with E-state index in [2.05, 4.69) is 0 Å². The Morgan fingerprint density at radius 3 is 2.70 bits per heavy atom. The summed E-state index contributed by atoms with van der Waals surface area (Å²) in [6.45, 7) is 0.480. The molecule has 8 heteroatoms. The Balaban J connectivity index is 2.04. The molecule has 1 fully saturated rings. The average Bonchev–Trinajstić information content (AvgIpc) is 3.24. The second-order valence-electron chi connectivity index (χ2n) is 4.91. The topological polar surface area (TPSA) is 55.8 Å². The maximum atomic E-state index is 13.2. The molecular formula is C15H17NO4S3. The maximum absolute atomic E-state index is 13.2. The lowest BCUT2D eigenvalue weighted by molar-refractivity contribution is 0.385. The van der Waals surface area contributed by atoms with Crippen molar-refractivity contribution in [3.63, 3.8) is 0 Å². The van der Waals surface area contributed by atoms with Gasteiger partial charge in [0.1, 0.15) is 16.4 Å². The van der Waals surface area contributed by atoms with Gasteiger partial charge in [0.2, 0.25) is 10.0 Å². The van der Waals surface area contributed by atoms with Crippen LogP contribution in [0.25, 0.3) is 0 Å². The highest BCUT2D eigenvalue weighted by Crippen LogP contribution is 2.43. The predicted molar refractivity (Wildman–Crippen MR) is 93.0 cm³/mol. The van der Waals surface area contributed by atoms with Crippen molar-refractivity contribution >= 4 is 33.1 Å². The Bertz CT molecular complexity index is 774. The van der Waals surface area contributed by atoms with E-state index in [1.54, 1.807) is 35.2 Å². The Hall–Kier alpha value is -1.22. The number of thiophene rings is 1. The van der Waals surface area contributed by atoms with E-state index >= 15 is 0 Å². The first-order chi connectivity index (χ1) is 11.1. The van der Waals surface area contributed by atoms with Gasteiger partial charge in [-0.2, -0.15) is 15.6 Å². The Labute approximate surface area is 144 Å². The van der Waals surface area contributed by atoms with Gasteiger partial charge in [0.25, 0.3) is 0 Å². The molecule has 0 unspecified atom stereocenters. The fourth-order valence-electron chi connectivity index (χ4n) is 2.49. The maximum Gasteiger partial charge on any atom is 0.248 e. The Morgan fingerprint density at radius 2 is 2.04 bits per heavy atom. The van der Waals surface area contributed by atoms with E-state index < -0.39 is 10.0 Å². The van der Waals surface area contributed by atoms with Crippen molar-refractivity contribution in [2.75, 3.05) is 26.5 Å². The van der Waals surface area contributed by atoms with Crippen LogP contribution in [0.5, 0.6) is 11.5 Å². The molecule has 23 heavy (non-hydrogen) atoms. The normalized spacial score (nSPS) is 19.0. The van der Waals surface area contributed by atoms with Crippen molar-refractivity contribution < 1.29 is 17.9 Å². The molecule has 0 aliphatic carbocycles. The van der Waals surface area contributed by atoms with Crippen LogP contribution in [0.4, 0.5) is 0 Å². The minimum absolute atomic E-state index is 0.141. The van der Waals surface area contributed by atoms with Crippen LogP contribution in [0, 0.1) is 0 Å². The van der Waals surface area contributed by atoms with Crippen LogP contribution in [-0.4, -0.2) is 39.2 Å². The lowest BCUT2D eigenvalue weighted by Crippen LogP contribution is -2.30. The number of sulfonamides is 1. The zero-order valence-electron chi connectivity index (χ0n) is 12.8. The molecular weight excluding hydrogens is 354 g/mol. The van der Waals surface area contributed by atoms with Crippen molar-refractivity contribution in [1.82, 2.24) is 4.31 Å². The lowest BCUT2D eigenvalue weighted by atomic mass is 10.3. The summed E-state index contributed by atoms with van der Waals surface area (Å²) in [5.74, 6) is 1.58. The van der Waals surface area contributed by atoms with E-state index in [-0.39, 0.29) is 10.3 Å². The summed E-state index contributed by atoms with van der Waals surface area (Å²) in [5, 5.41) is 3.77. The van der Waals surface area contributed by atoms with E-state index in [9.17, 15) is 8.42 Å². The number of rotatable bonds is 5. The number of hydrogen-bond donors (Lipinski definition) is 0. The molecule has 0 spiro atoms. The van der Waals surface area contributed by atoms with Gasteiger partial charge in [-0.25, -0.2) is 8.42 Å². The summed E-state index contributed by atoms with van der Waals surface area (Å²) >= 11 is 3.20. The van der Waals surface area contributed by atoms with Crippen LogP contribution in [0.15, 0.2) is 39.9 Å². The Morgan fingerprint density at radius 1 is 1.22 bits per heavy atom. The van der Waals surface area contributed by atoms with Gasteiger partial charge in [0.15, 0.2) is 0 Å². The van der Waals surface area contributed by atoms with Crippen molar-refractivity contribution in [2.24, 2.45) is 0 Å². The van der Waals surface area contributed by atoms with E-state index in [1.165, 1.54) is 24.6 Å². The van der Waals surface area contributed by atoms with Crippen LogP contribution < -0.4 is 9.47 Å². The van der Waals surface area contributed by atoms with Gasteiger partial charge in [-0.3, -0.25) is 0 Å². The molecule has 2 heterocycles. The highest BCUT2D eigenvalue weighted by Gasteiger charge is 2.38. The van der Waals surface area contributed by atoms with Crippen LogP contribution >= 0.6 is 23.1 Å². The van der Waals surface area contributed by atoms with Gasteiger partial charge in [-0.1, -0.05) is 0 Å². The summed E-state index contributed by atoms with van der Waals surface area (Å²) in [5.41, 5.74) is 1.02. The van der Waals surface area contributed by atoms with Crippen molar-refractivity contribution in [3.05, 3.63) is 40.6 Å². The smallest absolute Gasteiger partial charge is 0.248 e. The lowest BCUT2D eigenvalue weighted by Gasteiger charge is -2.23. The van der Waals surface area contributed by atoms with Gasteiger partial charge in [0.05, 0.1) is 19.6 Å². The number of thioether (sulfide) groups is 1. The molecule has 3 rings (SSSR count). The van der Waals surface area contributed by atoms with Gasteiger partial charge in [-0.05, 0) is 34.5 Å². The fraction of sp³-hybridized carbons (Fsp3) is 0.333. The molecule has 0 radical (unpaired) electrons. The molecule has 1 saturated heterocycles. The number of nitrogens with zero attached hydrogens (tertiary/aromatic N) is 1. The minimum Gasteiger partial charge on any atom is -0.497 e. The highest BCUT2D eigenvalue weighted by molar-refractivity contribution is 8.01. The Kier molecular flexibility index (Phi) is 4.86. The molecule has 0 N–H and O–H groups in total. The molecule has 1 aliphatic heterocycles. The van der Waals surface area contributed by atoms with Crippen molar-refractivity contribution in [1.29, 1.82) is 0 Å². The molecule has 0 saturated carbocycles. The van der Waals surface area contributed by atoms with Gasteiger partial charge in [0, 0.05) is 18.4 Å². The van der Waals surface area contributed by atoms with E-state index in [0.717, 1.165) is 11.3 Å². The minimum atomic E-state index is -3.68. The van der Waals surface area contributed by atoms with Crippen molar-refractivity contribution in [3.8, 4) is 11.5 Å². The SMILES string of the molecule is COc1ccc(OC)c(S(=O)(=O)N2CCS[C@H]2c2ccsc2)c1. The molecule has 0 bridgehead atoms. The first kappa shape index (κ1) is 16.6. The van der Waals surface area contributed by atoms with Crippen LogP contribution in [0.3, 0.4) is 0 Å². The largest absolute Gasteiger partial charge is 0.497 e. The summed E-state index contributed by atoms with van der Waals surface area (Å²) in [6, 6.07) is 6.79. The zero-order chi connectivity index (χ0) is 16.4. The van der Waals surface area contributed by atoms with Gasteiger partial charge >= 0.3 is 0 Å². The standard InChI is InChI=1S/C15H17NO4S3/c1-19-12-3-4-13(20-2)14(9-12)23(17,18)16-6-8-22-15(16)11-5-7-21-10-11/h3-5,7,9-10,15H,6,8H2,1-2H3/t15-/m0/s1. The molecule has 5 nitrogen and oxygen atoms in total. The summed E-state index contributed by atoms with van der Waals surface area (Å²) in [6.07, 6.45) is 0. The first-order valence-corrected chi connectivity index (χ1v) is 10.4. The number of hydrogen-bond acceptors (Lipinski definition) is 6. The van der Waals surface area contributed by atoms with E-state index in [0.29, 0.717) is 18.0 Å². The second-order valence-corrected chi connectivity index (χ2v) is 8.74. The molecule has 1 aromatic heterocycles. The van der Waals surface area contributed by atoms with Crippen LogP contribution in [0.1, 0.15) is 10.9 Å². The quantitative estimate of drug-likeness (QED) is 0.808. The fourth-order valence-corrected chi connectivity index (χ4v) is 6.66. The average molecular weight is 372 g/mol. The van der Waals surface area contributed by atoms with Crippen LogP contribution in [-0.2, 0) is 10.0 Å². The van der Waals surface area contributed by atoms with Gasteiger partial charge < -0.3 is 9.47 Å². The third-order valence-electron chi connectivity index (χ3n) is 3.63. The number of benzene rings is 1. The molecule has 2 aromatic rings. The second kappa shape index (κ2) is 6.72. The third-order valence-corrected chi connectivity index (χ3v) is 7.62. The monoisotopic (exact) mass is 371 g/mol. The number of ether oxygens (including phenoxy) is 2. The molecule has 0 amide bonds. The third kappa shape index (κ3) is 3.08. The molecule has 1 aliphatic rings. The zero-order valence-corrected chi connectivity index (χ0v) is 15.2. The summed E-state index contributed by atoms with van der Waals surface area (Å²) in [7, 11) is -0.697. The summed E-state index contributed by atoms with van der Waals surface area (Å²) in [4.78, 5) is 0.141. The van der Waals surface area contributed by atoms with Gasteiger partial charge in [-0.15, -0.1) is 11.8 Å². The van der Waals surface area contributed by atoms with Crippen molar-refractivity contribution in [2.45, 2.75) is 10.3 Å². The highest BCUT2D eigenvalue weighted by atomic mass is 32.2.